The molecule has 1 fully saturated rings. The smallest absolute Gasteiger partial charge is 0.127 e. The molecule has 3 aromatic rings. The summed E-state index contributed by atoms with van der Waals surface area (Å²) in [5.41, 5.74) is 2.44. The van der Waals surface area contributed by atoms with E-state index < -0.39 is 0 Å². The number of aliphatic hydroxyl groups is 1. The van der Waals surface area contributed by atoms with Gasteiger partial charge in [-0.15, -0.1) is 0 Å². The lowest BCUT2D eigenvalue weighted by atomic mass is 10.1. The summed E-state index contributed by atoms with van der Waals surface area (Å²) in [6.07, 6.45) is 0.710. The molecule has 0 bridgehead atoms. The van der Waals surface area contributed by atoms with Crippen LogP contribution in [0, 0.1) is 0 Å². The highest BCUT2D eigenvalue weighted by Crippen LogP contribution is 2.26. The van der Waals surface area contributed by atoms with Crippen LogP contribution in [0.3, 0.4) is 0 Å². The molecule has 0 saturated carbocycles. The van der Waals surface area contributed by atoms with Crippen LogP contribution in [0.1, 0.15) is 17.5 Å². The van der Waals surface area contributed by atoms with Crippen molar-refractivity contribution in [3.8, 4) is 5.75 Å². The van der Waals surface area contributed by atoms with E-state index in [1.807, 2.05) is 24.3 Å². The number of nitrogens with zero attached hydrogens (tertiary/aromatic N) is 1. The number of rotatable bonds is 5. The molecule has 1 atom stereocenters. The molecule has 3 aromatic carbocycles. The maximum Gasteiger partial charge on any atom is 0.127 e. The molecule has 0 amide bonds. The molecule has 4 rings (SSSR count). The van der Waals surface area contributed by atoms with Crippen molar-refractivity contribution in [3.63, 3.8) is 0 Å². The lowest BCUT2D eigenvalue weighted by molar-refractivity contribution is 0.175. The van der Waals surface area contributed by atoms with Crippen molar-refractivity contribution in [2.75, 3.05) is 13.1 Å². The van der Waals surface area contributed by atoms with E-state index in [4.69, 9.17) is 4.74 Å². The Kier molecular flexibility index (Phi) is 4.68. The van der Waals surface area contributed by atoms with Gasteiger partial charge < -0.3 is 9.84 Å². The monoisotopic (exact) mass is 333 g/mol. The molecule has 3 heteroatoms. The zero-order valence-electron chi connectivity index (χ0n) is 14.3. The standard InChI is InChI=1S/C22H23NO2/c24-20-11-12-23(15-20)14-17-5-3-6-18(13-17)16-25-22-10-4-8-19-7-1-2-9-21(19)22/h1-10,13,20,24H,11-12,14-16H2. The Hall–Kier alpha value is -2.36. The maximum atomic E-state index is 9.67. The van der Waals surface area contributed by atoms with Crippen molar-refractivity contribution < 1.29 is 9.84 Å². The van der Waals surface area contributed by atoms with Gasteiger partial charge in [0.2, 0.25) is 0 Å². The molecule has 1 N–H and O–H groups in total. The molecule has 1 aliphatic heterocycles. The Bertz CT molecular complexity index is 856. The van der Waals surface area contributed by atoms with Crippen molar-refractivity contribution in [3.05, 3.63) is 77.9 Å². The third kappa shape index (κ3) is 3.84. The second-order valence-corrected chi connectivity index (χ2v) is 6.76. The third-order valence-corrected chi connectivity index (χ3v) is 4.79. The Balaban J connectivity index is 1.45. The SMILES string of the molecule is OC1CCN(Cc2cccc(COc3cccc4ccccc34)c2)C1. The van der Waals surface area contributed by atoms with Crippen molar-refractivity contribution in [1.29, 1.82) is 0 Å². The summed E-state index contributed by atoms with van der Waals surface area (Å²) in [5, 5.41) is 12.0. The predicted molar refractivity (Wildman–Crippen MR) is 101 cm³/mol. The molecule has 0 radical (unpaired) electrons. The molecule has 3 nitrogen and oxygen atoms in total. The molecular formula is C22H23NO2. The highest BCUT2D eigenvalue weighted by atomic mass is 16.5. The Morgan fingerprint density at radius 1 is 0.960 bits per heavy atom. The average Bonchev–Trinajstić information content (AvgIpc) is 3.05. The van der Waals surface area contributed by atoms with Gasteiger partial charge in [0, 0.05) is 25.0 Å². The van der Waals surface area contributed by atoms with Crippen molar-refractivity contribution in [1.82, 2.24) is 4.90 Å². The highest BCUT2D eigenvalue weighted by Gasteiger charge is 2.19. The molecule has 128 valence electrons. The predicted octanol–water partition coefficient (Wildman–Crippen LogP) is 3.99. The van der Waals surface area contributed by atoms with Gasteiger partial charge in [-0.05, 0) is 29.0 Å². The van der Waals surface area contributed by atoms with Crippen molar-refractivity contribution >= 4 is 10.8 Å². The zero-order chi connectivity index (χ0) is 17.1. The number of aliphatic hydroxyl groups excluding tert-OH is 1. The number of hydrogen-bond donors (Lipinski definition) is 1. The topological polar surface area (TPSA) is 32.7 Å². The van der Waals surface area contributed by atoms with Crippen LogP contribution in [0.15, 0.2) is 66.7 Å². The summed E-state index contributed by atoms with van der Waals surface area (Å²) in [6, 6.07) is 23.0. The summed E-state index contributed by atoms with van der Waals surface area (Å²) >= 11 is 0. The molecule has 1 aliphatic rings. The highest BCUT2D eigenvalue weighted by molar-refractivity contribution is 5.88. The van der Waals surface area contributed by atoms with Crippen molar-refractivity contribution in [2.45, 2.75) is 25.7 Å². The summed E-state index contributed by atoms with van der Waals surface area (Å²) in [5.74, 6) is 0.922. The fourth-order valence-corrected chi connectivity index (χ4v) is 3.51. The molecule has 1 heterocycles. The van der Waals surface area contributed by atoms with Gasteiger partial charge in [0.25, 0.3) is 0 Å². The first-order valence-corrected chi connectivity index (χ1v) is 8.87. The van der Waals surface area contributed by atoms with Gasteiger partial charge in [0.15, 0.2) is 0 Å². The number of benzene rings is 3. The largest absolute Gasteiger partial charge is 0.488 e. The average molecular weight is 333 g/mol. The van der Waals surface area contributed by atoms with Gasteiger partial charge in [0.1, 0.15) is 12.4 Å². The quantitative estimate of drug-likeness (QED) is 0.766. The van der Waals surface area contributed by atoms with E-state index in [1.165, 1.54) is 16.5 Å². The van der Waals surface area contributed by atoms with Gasteiger partial charge in [-0.25, -0.2) is 0 Å². The lowest BCUT2D eigenvalue weighted by Crippen LogP contribution is -2.21. The van der Waals surface area contributed by atoms with Crippen LogP contribution in [-0.4, -0.2) is 29.2 Å². The number of β-amino-alcohol motifs (C(OH)–C–C–N with tert-alkyl or cyclic N) is 1. The Labute approximate surface area is 148 Å². The van der Waals surface area contributed by atoms with Gasteiger partial charge >= 0.3 is 0 Å². The number of fused-ring (bicyclic) bond motifs is 1. The first-order valence-electron chi connectivity index (χ1n) is 8.87. The minimum Gasteiger partial charge on any atom is -0.488 e. The van der Waals surface area contributed by atoms with E-state index in [-0.39, 0.29) is 6.10 Å². The number of likely N-dealkylation sites (tertiary alicyclic amines) is 1. The Morgan fingerprint density at radius 2 is 1.76 bits per heavy atom. The molecule has 1 unspecified atom stereocenters. The van der Waals surface area contributed by atoms with Crippen LogP contribution >= 0.6 is 0 Å². The lowest BCUT2D eigenvalue weighted by Gasteiger charge is -2.16. The summed E-state index contributed by atoms with van der Waals surface area (Å²) in [4.78, 5) is 2.30. The number of ether oxygens (including phenoxy) is 1. The summed E-state index contributed by atoms with van der Waals surface area (Å²) in [6.45, 7) is 3.19. The number of hydrogen-bond acceptors (Lipinski definition) is 3. The van der Waals surface area contributed by atoms with E-state index in [2.05, 4.69) is 47.4 Å². The van der Waals surface area contributed by atoms with Crippen molar-refractivity contribution in [2.24, 2.45) is 0 Å². The second-order valence-electron chi connectivity index (χ2n) is 6.76. The van der Waals surface area contributed by atoms with Gasteiger partial charge in [-0.3, -0.25) is 4.90 Å². The van der Waals surface area contributed by atoms with Crippen LogP contribution in [-0.2, 0) is 13.2 Å². The first-order chi connectivity index (χ1) is 12.3. The van der Waals surface area contributed by atoms with E-state index in [0.29, 0.717) is 6.61 Å². The minimum atomic E-state index is -0.169. The fourth-order valence-electron chi connectivity index (χ4n) is 3.51. The molecule has 0 aromatic heterocycles. The van der Waals surface area contributed by atoms with Gasteiger partial charge in [0.05, 0.1) is 6.10 Å². The molecule has 1 saturated heterocycles. The zero-order valence-corrected chi connectivity index (χ0v) is 14.3. The molecular weight excluding hydrogens is 310 g/mol. The van der Waals surface area contributed by atoms with E-state index in [0.717, 1.165) is 37.2 Å². The van der Waals surface area contributed by atoms with Gasteiger partial charge in [-0.2, -0.15) is 0 Å². The first kappa shape index (κ1) is 16.1. The van der Waals surface area contributed by atoms with Crippen LogP contribution in [0.5, 0.6) is 5.75 Å². The van der Waals surface area contributed by atoms with Crippen LogP contribution in [0.2, 0.25) is 0 Å². The fraction of sp³-hybridized carbons (Fsp3) is 0.273. The van der Waals surface area contributed by atoms with E-state index in [9.17, 15) is 5.11 Å². The Morgan fingerprint density at radius 3 is 2.64 bits per heavy atom. The summed E-state index contributed by atoms with van der Waals surface area (Å²) < 4.78 is 6.09. The minimum absolute atomic E-state index is 0.169. The summed E-state index contributed by atoms with van der Waals surface area (Å²) in [7, 11) is 0. The normalized spacial score (nSPS) is 17.9. The van der Waals surface area contributed by atoms with E-state index >= 15 is 0 Å². The van der Waals surface area contributed by atoms with Crippen LogP contribution < -0.4 is 4.74 Å². The maximum absolute atomic E-state index is 9.67. The molecule has 25 heavy (non-hydrogen) atoms. The van der Waals surface area contributed by atoms with Crippen LogP contribution in [0.4, 0.5) is 0 Å². The molecule has 0 aliphatic carbocycles. The molecule has 0 spiro atoms. The second kappa shape index (κ2) is 7.26. The van der Waals surface area contributed by atoms with Gasteiger partial charge in [-0.1, -0.05) is 60.7 Å². The van der Waals surface area contributed by atoms with E-state index in [1.54, 1.807) is 0 Å². The third-order valence-electron chi connectivity index (χ3n) is 4.79. The van der Waals surface area contributed by atoms with Crippen LogP contribution in [0.25, 0.3) is 10.8 Å².